The van der Waals surface area contributed by atoms with E-state index >= 15 is 0 Å². The summed E-state index contributed by atoms with van der Waals surface area (Å²) in [4.78, 5) is 22.9. The first-order valence-electron chi connectivity index (χ1n) is 5.97. The number of primary amides is 1. The van der Waals surface area contributed by atoms with Crippen molar-refractivity contribution < 1.29 is 14.0 Å². The van der Waals surface area contributed by atoms with E-state index in [1.165, 1.54) is 24.3 Å². The largest absolute Gasteiger partial charge is 0.368 e. The van der Waals surface area contributed by atoms with Gasteiger partial charge in [-0.1, -0.05) is 18.2 Å². The maximum absolute atomic E-state index is 12.7. The molecule has 0 bridgehead atoms. The van der Waals surface area contributed by atoms with Crippen LogP contribution in [0.5, 0.6) is 0 Å². The van der Waals surface area contributed by atoms with Crippen molar-refractivity contribution in [1.82, 2.24) is 5.32 Å². The maximum atomic E-state index is 12.7. The van der Waals surface area contributed by atoms with Crippen molar-refractivity contribution in [2.45, 2.75) is 25.3 Å². The molecule has 1 atom stereocenters. The molecule has 0 fully saturated rings. The number of nitrogens with one attached hydrogen (secondary N) is 1. The van der Waals surface area contributed by atoms with Crippen LogP contribution in [0.4, 0.5) is 4.39 Å². The molecule has 0 aliphatic heterocycles. The second-order valence-corrected chi connectivity index (χ2v) is 4.19. The van der Waals surface area contributed by atoms with Gasteiger partial charge in [0.15, 0.2) is 0 Å². The van der Waals surface area contributed by atoms with E-state index in [9.17, 15) is 14.0 Å². The lowest BCUT2D eigenvalue weighted by molar-refractivity contribution is -0.127. The monoisotopic (exact) mass is 264 g/mol. The number of carbonyl (C=O) groups excluding carboxylic acids is 2. The molecule has 0 aromatic heterocycles. The van der Waals surface area contributed by atoms with Crippen LogP contribution in [0.2, 0.25) is 0 Å². The van der Waals surface area contributed by atoms with Crippen LogP contribution in [-0.4, -0.2) is 17.9 Å². The van der Waals surface area contributed by atoms with Gasteiger partial charge < -0.3 is 11.1 Å². The van der Waals surface area contributed by atoms with E-state index in [-0.39, 0.29) is 18.1 Å². The summed E-state index contributed by atoms with van der Waals surface area (Å²) in [5, 5.41) is 2.56. The van der Waals surface area contributed by atoms with Gasteiger partial charge in [0.1, 0.15) is 11.9 Å². The molecule has 2 amide bonds. The molecule has 0 heterocycles. The Kier molecular flexibility index (Phi) is 5.73. The van der Waals surface area contributed by atoms with Gasteiger partial charge in [-0.15, -0.1) is 6.58 Å². The molecule has 0 saturated carbocycles. The molecule has 0 unspecified atom stereocenters. The van der Waals surface area contributed by atoms with E-state index < -0.39 is 11.9 Å². The van der Waals surface area contributed by atoms with Crippen LogP contribution in [0.25, 0.3) is 0 Å². The lowest BCUT2D eigenvalue weighted by Crippen LogP contribution is -2.44. The first-order valence-corrected chi connectivity index (χ1v) is 5.97. The molecule has 0 aliphatic rings. The van der Waals surface area contributed by atoms with Gasteiger partial charge in [-0.2, -0.15) is 0 Å². The predicted molar refractivity (Wildman–Crippen MR) is 70.7 cm³/mol. The van der Waals surface area contributed by atoms with E-state index in [0.29, 0.717) is 18.4 Å². The van der Waals surface area contributed by atoms with E-state index in [1.54, 1.807) is 6.08 Å². The molecule has 4 nitrogen and oxygen atoms in total. The lowest BCUT2D eigenvalue weighted by Gasteiger charge is -2.14. The smallest absolute Gasteiger partial charge is 0.240 e. The van der Waals surface area contributed by atoms with Crippen molar-refractivity contribution in [3.63, 3.8) is 0 Å². The number of hydrogen-bond donors (Lipinski definition) is 2. The summed E-state index contributed by atoms with van der Waals surface area (Å²) in [6.07, 6.45) is 2.75. The third kappa shape index (κ3) is 5.33. The Balaban J connectivity index is 2.54. The Hall–Kier alpha value is -2.17. The highest BCUT2D eigenvalue weighted by atomic mass is 19.1. The molecule has 102 valence electrons. The zero-order chi connectivity index (χ0) is 14.3. The Morgan fingerprint density at radius 3 is 2.53 bits per heavy atom. The number of benzene rings is 1. The molecule has 0 radical (unpaired) electrons. The van der Waals surface area contributed by atoms with E-state index in [0.717, 1.165) is 0 Å². The number of rotatable bonds is 7. The van der Waals surface area contributed by atoms with Crippen molar-refractivity contribution in [2.75, 3.05) is 0 Å². The molecule has 0 spiro atoms. The number of nitrogens with two attached hydrogens (primary N) is 1. The van der Waals surface area contributed by atoms with Gasteiger partial charge >= 0.3 is 0 Å². The summed E-state index contributed by atoms with van der Waals surface area (Å²) in [7, 11) is 0. The van der Waals surface area contributed by atoms with Gasteiger partial charge in [-0.3, -0.25) is 9.59 Å². The highest BCUT2D eigenvalue weighted by molar-refractivity contribution is 5.87. The van der Waals surface area contributed by atoms with E-state index in [1.807, 2.05) is 0 Å². The molecule has 5 heteroatoms. The fourth-order valence-electron chi connectivity index (χ4n) is 1.60. The van der Waals surface area contributed by atoms with E-state index in [4.69, 9.17) is 5.73 Å². The summed E-state index contributed by atoms with van der Waals surface area (Å²) in [6, 6.07) is 4.92. The normalized spacial score (nSPS) is 11.6. The predicted octanol–water partition coefficient (Wildman–Crippen LogP) is 1.30. The standard InChI is InChI=1S/C14H17FN2O2/c1-2-3-4-12(14(16)19)17-13(18)9-10-5-7-11(15)8-6-10/h2,5-8,12H,1,3-4,9H2,(H2,16,19)(H,17,18)/t12-/m1/s1. The Labute approximate surface area is 111 Å². The van der Waals surface area contributed by atoms with Crippen LogP contribution in [0.15, 0.2) is 36.9 Å². The van der Waals surface area contributed by atoms with Crippen LogP contribution in [-0.2, 0) is 16.0 Å². The summed E-state index contributed by atoms with van der Waals surface area (Å²) in [6.45, 7) is 3.55. The van der Waals surface area contributed by atoms with Crippen molar-refractivity contribution in [1.29, 1.82) is 0 Å². The number of amides is 2. The summed E-state index contributed by atoms with van der Waals surface area (Å²) in [5.74, 6) is -1.25. The second kappa shape index (κ2) is 7.31. The lowest BCUT2D eigenvalue weighted by atomic mass is 10.1. The fraction of sp³-hybridized carbons (Fsp3) is 0.286. The Bertz CT molecular complexity index is 457. The molecule has 1 rings (SSSR count). The SMILES string of the molecule is C=CCC[C@@H](NC(=O)Cc1ccc(F)cc1)C(N)=O. The molecular weight excluding hydrogens is 247 g/mol. The second-order valence-electron chi connectivity index (χ2n) is 4.19. The Morgan fingerprint density at radius 2 is 2.00 bits per heavy atom. The van der Waals surface area contributed by atoms with Gasteiger partial charge in [0.2, 0.25) is 11.8 Å². The topological polar surface area (TPSA) is 72.2 Å². The number of allylic oxidation sites excluding steroid dienone is 1. The van der Waals surface area contributed by atoms with Crippen LogP contribution in [0.3, 0.4) is 0 Å². The van der Waals surface area contributed by atoms with Crippen molar-refractivity contribution in [3.05, 3.63) is 48.3 Å². The van der Waals surface area contributed by atoms with Crippen molar-refractivity contribution >= 4 is 11.8 Å². The molecule has 3 N–H and O–H groups in total. The maximum Gasteiger partial charge on any atom is 0.240 e. The molecule has 0 saturated heterocycles. The van der Waals surface area contributed by atoms with Gasteiger partial charge in [-0.05, 0) is 30.5 Å². The highest BCUT2D eigenvalue weighted by Crippen LogP contribution is 2.04. The zero-order valence-corrected chi connectivity index (χ0v) is 10.6. The van der Waals surface area contributed by atoms with Crippen molar-refractivity contribution in [3.8, 4) is 0 Å². The molecule has 1 aromatic rings. The highest BCUT2D eigenvalue weighted by Gasteiger charge is 2.17. The molecule has 1 aromatic carbocycles. The van der Waals surface area contributed by atoms with Gasteiger partial charge in [0.25, 0.3) is 0 Å². The van der Waals surface area contributed by atoms with Gasteiger partial charge in [0, 0.05) is 0 Å². The summed E-state index contributed by atoms with van der Waals surface area (Å²) >= 11 is 0. The fourth-order valence-corrected chi connectivity index (χ4v) is 1.60. The van der Waals surface area contributed by atoms with Crippen LogP contribution in [0, 0.1) is 5.82 Å². The average molecular weight is 264 g/mol. The number of halogens is 1. The summed E-state index contributed by atoms with van der Waals surface area (Å²) in [5.41, 5.74) is 5.87. The van der Waals surface area contributed by atoms with Crippen LogP contribution >= 0.6 is 0 Å². The van der Waals surface area contributed by atoms with Gasteiger partial charge in [0.05, 0.1) is 6.42 Å². The third-order valence-corrected chi connectivity index (χ3v) is 2.62. The molecule has 19 heavy (non-hydrogen) atoms. The Morgan fingerprint density at radius 1 is 1.37 bits per heavy atom. The van der Waals surface area contributed by atoms with E-state index in [2.05, 4.69) is 11.9 Å². The molecular formula is C14H17FN2O2. The zero-order valence-electron chi connectivity index (χ0n) is 10.6. The third-order valence-electron chi connectivity index (χ3n) is 2.62. The van der Waals surface area contributed by atoms with Crippen molar-refractivity contribution in [2.24, 2.45) is 5.73 Å². The molecule has 0 aliphatic carbocycles. The van der Waals surface area contributed by atoms with Gasteiger partial charge in [-0.25, -0.2) is 4.39 Å². The minimum Gasteiger partial charge on any atom is -0.368 e. The quantitative estimate of drug-likeness (QED) is 0.729. The van der Waals surface area contributed by atoms with Crippen LogP contribution in [0.1, 0.15) is 18.4 Å². The first kappa shape index (κ1) is 14.9. The van der Waals surface area contributed by atoms with Crippen LogP contribution < -0.4 is 11.1 Å². The minimum absolute atomic E-state index is 0.0815. The number of hydrogen-bond acceptors (Lipinski definition) is 2. The summed E-state index contributed by atoms with van der Waals surface area (Å²) < 4.78 is 12.7. The number of carbonyl (C=O) groups is 2. The first-order chi connectivity index (χ1) is 9.02. The average Bonchev–Trinajstić information content (AvgIpc) is 2.37. The minimum atomic E-state index is -0.703.